The van der Waals surface area contributed by atoms with Crippen molar-refractivity contribution in [1.82, 2.24) is 14.8 Å². The van der Waals surface area contributed by atoms with Crippen LogP contribution in [0.15, 0.2) is 60.9 Å². The molecule has 0 spiro atoms. The van der Waals surface area contributed by atoms with E-state index in [-0.39, 0.29) is 19.1 Å². The van der Waals surface area contributed by atoms with Gasteiger partial charge in [-0.15, -0.1) is 0 Å². The fourth-order valence-electron chi connectivity index (χ4n) is 3.73. The van der Waals surface area contributed by atoms with Crippen LogP contribution in [-0.4, -0.2) is 58.2 Å². The lowest BCUT2D eigenvalue weighted by Crippen LogP contribution is -2.32. The van der Waals surface area contributed by atoms with Crippen molar-refractivity contribution in [3.8, 4) is 11.1 Å². The molecule has 2 N–H and O–H groups in total. The number of rotatable bonds is 8. The van der Waals surface area contributed by atoms with E-state index in [0.29, 0.717) is 5.69 Å². The Bertz CT molecular complexity index is 1150. The quantitative estimate of drug-likeness (QED) is 0.506. The highest BCUT2D eigenvalue weighted by Crippen LogP contribution is 2.44. The first-order valence-electron chi connectivity index (χ1n) is 10.2. The third-order valence-electron chi connectivity index (χ3n) is 5.25. The topological polar surface area (TPSA) is 123 Å². The van der Waals surface area contributed by atoms with E-state index in [4.69, 9.17) is 14.7 Å². The summed E-state index contributed by atoms with van der Waals surface area (Å²) < 4.78 is 6.78. The van der Waals surface area contributed by atoms with E-state index in [1.807, 2.05) is 36.4 Å². The van der Waals surface area contributed by atoms with Gasteiger partial charge in [-0.05, 0) is 22.3 Å². The fraction of sp³-hybridized carbons (Fsp3) is 0.217. The summed E-state index contributed by atoms with van der Waals surface area (Å²) in [6, 6.07) is 16.1. The molecule has 1 heterocycles. The zero-order chi connectivity index (χ0) is 23.4. The van der Waals surface area contributed by atoms with Crippen molar-refractivity contribution in [3.63, 3.8) is 0 Å². The number of hydrogen-bond donors (Lipinski definition) is 2. The first-order valence-corrected chi connectivity index (χ1v) is 10.2. The van der Waals surface area contributed by atoms with E-state index in [2.05, 4.69) is 22.5 Å². The van der Waals surface area contributed by atoms with Crippen LogP contribution in [-0.2, 0) is 25.7 Å². The number of hydrogen-bond acceptors (Lipinski definition) is 6. The molecule has 0 fully saturated rings. The maximum Gasteiger partial charge on any atom is 0.411 e. The lowest BCUT2D eigenvalue weighted by molar-refractivity contribution is -0.186. The highest BCUT2D eigenvalue weighted by atomic mass is 16.7. The number of aromatic nitrogens is 2. The van der Waals surface area contributed by atoms with Crippen LogP contribution < -0.4 is 5.32 Å². The smallest absolute Gasteiger partial charge is 0.411 e. The molecule has 0 saturated heterocycles. The standard InChI is InChI=1S/C23H22N4O6/c1-26(33-14-22(29)30)21(28)12-27-11-15(10-24-27)25-23(31)32-13-20-18-8-4-2-6-16(18)17-7-3-5-9-19(17)20/h2-11,20H,12-14H2,1H3,(H,25,31)(H,29,30). The van der Waals surface area contributed by atoms with Gasteiger partial charge in [0.25, 0.3) is 5.91 Å². The summed E-state index contributed by atoms with van der Waals surface area (Å²) in [6.07, 6.45) is 2.21. The van der Waals surface area contributed by atoms with E-state index in [0.717, 1.165) is 27.3 Å². The molecule has 0 aliphatic heterocycles. The van der Waals surface area contributed by atoms with Crippen LogP contribution in [0.25, 0.3) is 11.1 Å². The third-order valence-corrected chi connectivity index (χ3v) is 5.25. The molecule has 10 nitrogen and oxygen atoms in total. The van der Waals surface area contributed by atoms with E-state index in [1.54, 1.807) is 0 Å². The van der Waals surface area contributed by atoms with Crippen molar-refractivity contribution in [3.05, 3.63) is 72.1 Å². The Balaban J connectivity index is 1.32. The molecule has 2 amide bonds. The molecule has 2 aromatic carbocycles. The van der Waals surface area contributed by atoms with E-state index in [9.17, 15) is 14.4 Å². The number of nitrogens with zero attached hydrogens (tertiary/aromatic N) is 3. The van der Waals surface area contributed by atoms with Gasteiger partial charge < -0.3 is 9.84 Å². The first kappa shape index (κ1) is 22.0. The summed E-state index contributed by atoms with van der Waals surface area (Å²) in [5, 5.41) is 16.0. The SMILES string of the molecule is CN(OCC(=O)O)C(=O)Cn1cc(NC(=O)OCC2c3ccccc3-c3ccccc32)cn1. The van der Waals surface area contributed by atoms with Gasteiger partial charge in [-0.3, -0.25) is 19.6 Å². The summed E-state index contributed by atoms with van der Waals surface area (Å²) in [4.78, 5) is 39.7. The largest absolute Gasteiger partial charge is 0.479 e. The molecule has 0 unspecified atom stereocenters. The Hall–Kier alpha value is -4.18. The Kier molecular flexibility index (Phi) is 6.36. The number of benzene rings is 2. The van der Waals surface area contributed by atoms with Gasteiger partial charge in [0.1, 0.15) is 13.2 Å². The van der Waals surface area contributed by atoms with Gasteiger partial charge in [-0.1, -0.05) is 48.5 Å². The summed E-state index contributed by atoms with van der Waals surface area (Å²) in [7, 11) is 1.31. The van der Waals surface area contributed by atoms with Crippen molar-refractivity contribution in [2.24, 2.45) is 0 Å². The fourth-order valence-corrected chi connectivity index (χ4v) is 3.73. The minimum absolute atomic E-state index is 0.0511. The average molecular weight is 450 g/mol. The number of amides is 2. The molecule has 1 aliphatic carbocycles. The molecule has 0 bridgehead atoms. The van der Waals surface area contributed by atoms with Crippen molar-refractivity contribution < 1.29 is 29.1 Å². The number of aliphatic carboxylic acids is 1. The van der Waals surface area contributed by atoms with Gasteiger partial charge in [-0.25, -0.2) is 14.7 Å². The number of likely N-dealkylation sites (N-methyl/N-ethyl adjacent to an activating group) is 1. The number of carboxylic acid groups (broad SMARTS) is 1. The van der Waals surface area contributed by atoms with Crippen molar-refractivity contribution in [2.45, 2.75) is 12.5 Å². The normalized spacial score (nSPS) is 12.0. The van der Waals surface area contributed by atoms with Gasteiger partial charge >= 0.3 is 12.1 Å². The predicted molar refractivity (Wildman–Crippen MR) is 117 cm³/mol. The zero-order valence-corrected chi connectivity index (χ0v) is 17.8. The number of carboxylic acids is 1. The first-order chi connectivity index (χ1) is 15.9. The van der Waals surface area contributed by atoms with Gasteiger partial charge in [-0.2, -0.15) is 5.10 Å². The number of ether oxygens (including phenoxy) is 1. The molecule has 10 heteroatoms. The van der Waals surface area contributed by atoms with Crippen LogP contribution in [0.3, 0.4) is 0 Å². The maximum absolute atomic E-state index is 12.4. The minimum Gasteiger partial charge on any atom is -0.479 e. The molecule has 170 valence electrons. The van der Waals surface area contributed by atoms with Crippen LogP contribution in [0.5, 0.6) is 0 Å². The number of carbonyl (C=O) groups is 3. The monoisotopic (exact) mass is 450 g/mol. The second-order valence-corrected chi connectivity index (χ2v) is 7.44. The van der Waals surface area contributed by atoms with Crippen LogP contribution in [0.4, 0.5) is 10.5 Å². The molecule has 1 aliphatic rings. The van der Waals surface area contributed by atoms with E-state index >= 15 is 0 Å². The summed E-state index contributed by atoms with van der Waals surface area (Å²) in [5.74, 6) is -1.75. The summed E-state index contributed by atoms with van der Waals surface area (Å²) in [5.41, 5.74) is 4.88. The lowest BCUT2D eigenvalue weighted by Gasteiger charge is -2.15. The van der Waals surface area contributed by atoms with Crippen LogP contribution in [0.2, 0.25) is 0 Å². The number of hydroxylamine groups is 2. The molecular weight excluding hydrogens is 428 g/mol. The van der Waals surface area contributed by atoms with Crippen molar-refractivity contribution in [2.75, 3.05) is 25.6 Å². The Morgan fingerprint density at radius 3 is 2.36 bits per heavy atom. The van der Waals surface area contributed by atoms with Crippen LogP contribution >= 0.6 is 0 Å². The highest BCUT2D eigenvalue weighted by molar-refractivity contribution is 5.85. The molecule has 0 saturated carbocycles. The second-order valence-electron chi connectivity index (χ2n) is 7.44. The van der Waals surface area contributed by atoms with Crippen molar-refractivity contribution >= 4 is 23.7 Å². The Morgan fingerprint density at radius 2 is 1.73 bits per heavy atom. The molecular formula is C23H22N4O6. The predicted octanol–water partition coefficient (Wildman–Crippen LogP) is 2.72. The molecule has 3 aromatic rings. The molecule has 4 rings (SSSR count). The summed E-state index contributed by atoms with van der Waals surface area (Å²) >= 11 is 0. The van der Waals surface area contributed by atoms with Gasteiger partial charge in [0.05, 0.1) is 11.9 Å². The molecule has 0 radical (unpaired) electrons. The highest BCUT2D eigenvalue weighted by Gasteiger charge is 2.29. The number of fused-ring (bicyclic) bond motifs is 3. The second kappa shape index (κ2) is 9.53. The maximum atomic E-state index is 12.4. The van der Waals surface area contributed by atoms with E-state index < -0.39 is 24.6 Å². The van der Waals surface area contributed by atoms with Gasteiger partial charge in [0.15, 0.2) is 6.61 Å². The molecule has 1 aromatic heterocycles. The van der Waals surface area contributed by atoms with Gasteiger partial charge in [0.2, 0.25) is 0 Å². The third kappa shape index (κ3) is 5.01. The Morgan fingerprint density at radius 1 is 1.09 bits per heavy atom. The zero-order valence-electron chi connectivity index (χ0n) is 17.8. The van der Waals surface area contributed by atoms with E-state index in [1.165, 1.54) is 24.1 Å². The summed E-state index contributed by atoms with van der Waals surface area (Å²) in [6.45, 7) is -0.642. The van der Waals surface area contributed by atoms with Gasteiger partial charge in [0, 0.05) is 19.2 Å². The molecule has 33 heavy (non-hydrogen) atoms. The number of nitrogens with one attached hydrogen (secondary N) is 1. The Labute approximate surface area is 189 Å². The molecule has 0 atom stereocenters. The lowest BCUT2D eigenvalue weighted by atomic mass is 9.98. The van der Waals surface area contributed by atoms with Crippen LogP contribution in [0, 0.1) is 0 Å². The van der Waals surface area contributed by atoms with Crippen LogP contribution in [0.1, 0.15) is 17.0 Å². The minimum atomic E-state index is -1.19. The van der Waals surface area contributed by atoms with Crippen molar-refractivity contribution in [1.29, 1.82) is 0 Å². The number of anilines is 1. The number of carbonyl (C=O) groups excluding carboxylic acids is 2. The average Bonchev–Trinajstić information content (AvgIpc) is 3.37.